The average molecular weight is 437 g/mol. The van der Waals surface area contributed by atoms with Gasteiger partial charge in [0.25, 0.3) is 5.91 Å². The minimum atomic E-state index is -4.56. The van der Waals surface area contributed by atoms with Crippen molar-refractivity contribution < 1.29 is 23.1 Å². The quantitative estimate of drug-likeness (QED) is 0.584. The minimum Gasteiger partial charge on any atom is -0.385 e. The first-order chi connectivity index (χ1) is 14.2. The van der Waals surface area contributed by atoms with Crippen molar-refractivity contribution in [3.8, 4) is 0 Å². The molecular formula is C20H16ClF3N4O2. The number of halogens is 4. The van der Waals surface area contributed by atoms with Gasteiger partial charge in [-0.1, -0.05) is 11.6 Å². The van der Waals surface area contributed by atoms with E-state index >= 15 is 0 Å². The van der Waals surface area contributed by atoms with E-state index in [0.717, 1.165) is 23.2 Å². The predicted octanol–water partition coefficient (Wildman–Crippen LogP) is 3.66. The number of nitrogens with zero attached hydrogens (tertiary/aromatic N) is 2. The van der Waals surface area contributed by atoms with Crippen LogP contribution >= 0.6 is 11.6 Å². The summed E-state index contributed by atoms with van der Waals surface area (Å²) in [6.07, 6.45) is -0.284. The van der Waals surface area contributed by atoms with Crippen molar-refractivity contribution >= 4 is 28.4 Å². The zero-order valence-electron chi connectivity index (χ0n) is 15.4. The van der Waals surface area contributed by atoms with Crippen molar-refractivity contribution in [2.75, 3.05) is 0 Å². The van der Waals surface area contributed by atoms with Crippen LogP contribution in [0.25, 0.3) is 10.9 Å². The summed E-state index contributed by atoms with van der Waals surface area (Å²) in [5, 5.41) is 22.2. The molecule has 2 aromatic heterocycles. The second-order valence-electron chi connectivity index (χ2n) is 8.01. The van der Waals surface area contributed by atoms with Crippen LogP contribution in [0.3, 0.4) is 0 Å². The normalized spacial score (nSPS) is 27.8. The number of carbonyl (C=O) groups is 1. The van der Waals surface area contributed by atoms with Gasteiger partial charge in [-0.3, -0.25) is 14.9 Å². The number of amides is 1. The molecule has 2 aliphatic carbocycles. The third kappa shape index (κ3) is 3.13. The summed E-state index contributed by atoms with van der Waals surface area (Å²) >= 11 is 6.18. The van der Waals surface area contributed by atoms with Crippen LogP contribution in [0, 0.1) is 11.8 Å². The van der Waals surface area contributed by atoms with E-state index in [4.69, 9.17) is 11.6 Å². The Bertz CT molecular complexity index is 1150. The van der Waals surface area contributed by atoms with Crippen molar-refractivity contribution in [2.24, 2.45) is 11.8 Å². The van der Waals surface area contributed by atoms with Gasteiger partial charge in [0.1, 0.15) is 0 Å². The van der Waals surface area contributed by atoms with Crippen molar-refractivity contribution in [3.63, 3.8) is 0 Å². The lowest BCUT2D eigenvalue weighted by Gasteiger charge is -2.27. The first-order valence-electron chi connectivity index (χ1n) is 9.34. The van der Waals surface area contributed by atoms with Crippen LogP contribution in [-0.4, -0.2) is 32.2 Å². The lowest BCUT2D eigenvalue weighted by atomic mass is 9.86. The maximum atomic E-state index is 12.8. The molecule has 156 valence electrons. The fourth-order valence-electron chi connectivity index (χ4n) is 4.65. The molecule has 2 saturated carbocycles. The summed E-state index contributed by atoms with van der Waals surface area (Å²) in [4.78, 5) is 15.9. The highest BCUT2D eigenvalue weighted by atomic mass is 35.5. The SMILES string of the molecule is O=C(N[C@@H]1[C@@H]2C[C@@](O)(c3cc(Cl)cc4[nH]ncc34)C[C@@H]21)c1cncc(C(F)(F)F)c1. The number of pyridine rings is 1. The zero-order chi connectivity index (χ0) is 21.3. The molecule has 2 heterocycles. The molecule has 0 radical (unpaired) electrons. The van der Waals surface area contributed by atoms with E-state index in [1.54, 1.807) is 18.3 Å². The number of aliphatic hydroxyl groups is 1. The second-order valence-corrected chi connectivity index (χ2v) is 8.45. The Morgan fingerprint density at radius 3 is 2.63 bits per heavy atom. The average Bonchev–Trinajstić information content (AvgIpc) is 3.03. The number of carbonyl (C=O) groups excluding carboxylic acids is 1. The van der Waals surface area contributed by atoms with Crippen molar-refractivity contribution in [1.82, 2.24) is 20.5 Å². The molecule has 0 unspecified atom stereocenters. The van der Waals surface area contributed by atoms with E-state index in [1.807, 2.05) is 0 Å². The number of hydrogen-bond acceptors (Lipinski definition) is 4. The molecule has 2 aliphatic rings. The van der Waals surface area contributed by atoms with Gasteiger partial charge < -0.3 is 10.4 Å². The number of H-pyrrole nitrogens is 1. The third-order valence-electron chi connectivity index (χ3n) is 6.13. The summed E-state index contributed by atoms with van der Waals surface area (Å²) in [7, 11) is 0. The molecule has 30 heavy (non-hydrogen) atoms. The minimum absolute atomic E-state index is 0.0404. The molecule has 1 amide bonds. The molecular weight excluding hydrogens is 421 g/mol. The Morgan fingerprint density at radius 2 is 1.93 bits per heavy atom. The first-order valence-corrected chi connectivity index (χ1v) is 9.72. The van der Waals surface area contributed by atoms with E-state index in [2.05, 4.69) is 20.5 Å². The lowest BCUT2D eigenvalue weighted by Crippen LogP contribution is -2.33. The summed E-state index contributed by atoms with van der Waals surface area (Å²) < 4.78 is 38.5. The van der Waals surface area contributed by atoms with Crippen LogP contribution in [0.15, 0.2) is 36.8 Å². The smallest absolute Gasteiger partial charge is 0.385 e. The molecule has 4 atom stereocenters. The largest absolute Gasteiger partial charge is 0.417 e. The van der Waals surface area contributed by atoms with Gasteiger partial charge in [0.05, 0.1) is 28.4 Å². The van der Waals surface area contributed by atoms with Crippen LogP contribution in [0.2, 0.25) is 5.02 Å². The monoisotopic (exact) mass is 436 g/mol. The molecule has 6 nitrogen and oxygen atoms in total. The number of nitrogens with one attached hydrogen (secondary N) is 2. The molecule has 0 bridgehead atoms. The number of hydrogen-bond donors (Lipinski definition) is 3. The molecule has 2 fully saturated rings. The van der Waals surface area contributed by atoms with Gasteiger partial charge in [0.2, 0.25) is 0 Å². The number of fused-ring (bicyclic) bond motifs is 2. The summed E-state index contributed by atoms with van der Waals surface area (Å²) in [5.74, 6) is -0.520. The Labute approximate surface area is 173 Å². The van der Waals surface area contributed by atoms with Crippen LogP contribution in [0.4, 0.5) is 13.2 Å². The van der Waals surface area contributed by atoms with Gasteiger partial charge in [-0.2, -0.15) is 18.3 Å². The zero-order valence-corrected chi connectivity index (χ0v) is 16.1. The Kier molecular flexibility index (Phi) is 4.14. The van der Waals surface area contributed by atoms with Gasteiger partial charge >= 0.3 is 6.18 Å². The van der Waals surface area contributed by atoms with Crippen molar-refractivity contribution in [2.45, 2.75) is 30.7 Å². The summed E-state index contributed by atoms with van der Waals surface area (Å²) in [6.45, 7) is 0. The molecule has 1 aromatic carbocycles. The highest BCUT2D eigenvalue weighted by Gasteiger charge is 2.62. The summed E-state index contributed by atoms with van der Waals surface area (Å²) in [5.41, 5.74) is -0.779. The van der Waals surface area contributed by atoms with E-state index in [9.17, 15) is 23.1 Å². The molecule has 3 N–H and O–H groups in total. The molecule has 0 saturated heterocycles. The molecule has 0 aliphatic heterocycles. The topological polar surface area (TPSA) is 90.9 Å². The van der Waals surface area contributed by atoms with Crippen LogP contribution < -0.4 is 5.32 Å². The first kappa shape index (κ1) is 19.3. The molecule has 5 rings (SSSR count). The van der Waals surface area contributed by atoms with E-state index in [-0.39, 0.29) is 23.4 Å². The van der Waals surface area contributed by atoms with E-state index in [0.29, 0.717) is 29.6 Å². The van der Waals surface area contributed by atoms with Gasteiger partial charge in [-0.25, -0.2) is 0 Å². The van der Waals surface area contributed by atoms with Crippen molar-refractivity contribution in [1.29, 1.82) is 0 Å². The van der Waals surface area contributed by atoms with E-state index < -0.39 is 23.2 Å². The molecule has 3 aromatic rings. The number of alkyl halides is 3. The maximum absolute atomic E-state index is 12.8. The highest BCUT2D eigenvalue weighted by molar-refractivity contribution is 6.31. The predicted molar refractivity (Wildman–Crippen MR) is 102 cm³/mol. The maximum Gasteiger partial charge on any atom is 0.417 e. The fraction of sp³-hybridized carbons (Fsp3) is 0.350. The Morgan fingerprint density at radius 1 is 1.20 bits per heavy atom. The standard InChI is InChI=1S/C20H16ClF3N4O2/c21-11-2-15(14-8-26-28-16(14)3-11)19(30)4-12-13(5-19)17(12)27-18(29)9-1-10(7-25-6-9)20(22,23)24/h1-3,6-8,12-13,17,30H,4-5H2,(H,26,28)(H,27,29)/t12-,13+,17-,19+. The Balaban J connectivity index is 1.30. The van der Waals surface area contributed by atoms with Gasteiger partial charge in [-0.05, 0) is 48.4 Å². The Hall–Kier alpha value is -2.65. The van der Waals surface area contributed by atoms with Crippen LogP contribution in [0.5, 0.6) is 0 Å². The lowest BCUT2D eigenvalue weighted by molar-refractivity contribution is -0.137. The van der Waals surface area contributed by atoms with Gasteiger partial charge in [-0.15, -0.1) is 0 Å². The fourth-order valence-corrected chi connectivity index (χ4v) is 4.87. The van der Waals surface area contributed by atoms with Gasteiger partial charge in [0.15, 0.2) is 0 Å². The van der Waals surface area contributed by atoms with E-state index in [1.165, 1.54) is 0 Å². The second kappa shape index (κ2) is 6.42. The number of aromatic amines is 1. The number of benzene rings is 1. The third-order valence-corrected chi connectivity index (χ3v) is 6.35. The molecule has 0 spiro atoms. The summed E-state index contributed by atoms with van der Waals surface area (Å²) in [6, 6.07) is 4.06. The number of aromatic nitrogens is 3. The van der Waals surface area contributed by atoms with Crippen LogP contribution in [-0.2, 0) is 11.8 Å². The number of rotatable bonds is 3. The van der Waals surface area contributed by atoms with Gasteiger partial charge in [0, 0.05) is 28.8 Å². The van der Waals surface area contributed by atoms with Crippen LogP contribution in [0.1, 0.15) is 34.3 Å². The van der Waals surface area contributed by atoms with Crippen molar-refractivity contribution in [3.05, 3.63) is 58.5 Å². The highest BCUT2D eigenvalue weighted by Crippen LogP contribution is 2.60. The molecule has 10 heteroatoms.